The molecule has 2 aromatic rings. The SMILES string of the molecule is CCCCCCn1nnnc1-c1ccc(OC)c(N)c1. The molecule has 1 aromatic heterocycles. The van der Waals surface area contributed by atoms with Crippen LogP contribution in [0.3, 0.4) is 0 Å². The third-order valence-electron chi connectivity index (χ3n) is 3.24. The molecule has 0 spiro atoms. The van der Waals surface area contributed by atoms with E-state index < -0.39 is 0 Å². The van der Waals surface area contributed by atoms with Crippen molar-refractivity contribution < 1.29 is 4.74 Å². The summed E-state index contributed by atoms with van der Waals surface area (Å²) < 4.78 is 6.99. The zero-order valence-corrected chi connectivity index (χ0v) is 12.0. The van der Waals surface area contributed by atoms with E-state index in [1.165, 1.54) is 19.3 Å². The molecule has 6 nitrogen and oxygen atoms in total. The maximum Gasteiger partial charge on any atom is 0.182 e. The number of nitrogens with zero attached hydrogens (tertiary/aromatic N) is 4. The van der Waals surface area contributed by atoms with Crippen molar-refractivity contribution >= 4 is 5.69 Å². The minimum atomic E-state index is 0.588. The number of nitrogens with two attached hydrogens (primary N) is 1. The van der Waals surface area contributed by atoms with Gasteiger partial charge < -0.3 is 10.5 Å². The van der Waals surface area contributed by atoms with Gasteiger partial charge in [-0.1, -0.05) is 26.2 Å². The summed E-state index contributed by atoms with van der Waals surface area (Å²) in [4.78, 5) is 0. The van der Waals surface area contributed by atoms with Crippen LogP contribution in [0.1, 0.15) is 32.6 Å². The Morgan fingerprint density at radius 3 is 2.80 bits per heavy atom. The van der Waals surface area contributed by atoms with Gasteiger partial charge in [-0.2, -0.15) is 0 Å². The zero-order chi connectivity index (χ0) is 14.4. The van der Waals surface area contributed by atoms with Gasteiger partial charge in [0.15, 0.2) is 5.82 Å². The third-order valence-corrected chi connectivity index (χ3v) is 3.24. The molecule has 0 radical (unpaired) electrons. The van der Waals surface area contributed by atoms with Crippen LogP contribution in [-0.4, -0.2) is 27.3 Å². The van der Waals surface area contributed by atoms with E-state index in [0.717, 1.165) is 24.4 Å². The number of aromatic nitrogens is 4. The standard InChI is InChI=1S/C14H21N5O/c1-3-4-5-6-9-19-14(16-17-18-19)11-7-8-13(20-2)12(15)10-11/h7-8,10H,3-6,9,15H2,1-2H3. The van der Waals surface area contributed by atoms with Gasteiger partial charge in [-0.15, -0.1) is 5.10 Å². The number of tetrazole rings is 1. The molecule has 0 saturated heterocycles. The molecule has 2 N–H and O–H groups in total. The Morgan fingerprint density at radius 2 is 2.10 bits per heavy atom. The Labute approximate surface area is 118 Å². The molecule has 0 unspecified atom stereocenters. The summed E-state index contributed by atoms with van der Waals surface area (Å²) in [6.45, 7) is 3.02. The van der Waals surface area contributed by atoms with Crippen molar-refractivity contribution in [3.63, 3.8) is 0 Å². The first-order valence-corrected chi connectivity index (χ1v) is 6.96. The normalized spacial score (nSPS) is 10.7. The molecule has 108 valence electrons. The summed E-state index contributed by atoms with van der Waals surface area (Å²) in [5, 5.41) is 11.9. The fraction of sp³-hybridized carbons (Fsp3) is 0.500. The first-order valence-electron chi connectivity index (χ1n) is 6.96. The van der Waals surface area contributed by atoms with Crippen molar-refractivity contribution in [2.45, 2.75) is 39.2 Å². The van der Waals surface area contributed by atoms with Gasteiger partial charge in [0.05, 0.1) is 12.8 Å². The number of benzene rings is 1. The van der Waals surface area contributed by atoms with Crippen molar-refractivity contribution in [1.82, 2.24) is 20.2 Å². The molecular weight excluding hydrogens is 254 g/mol. The lowest BCUT2D eigenvalue weighted by molar-refractivity contribution is 0.417. The minimum Gasteiger partial charge on any atom is -0.495 e. The molecule has 0 atom stereocenters. The van der Waals surface area contributed by atoms with Crippen LogP contribution >= 0.6 is 0 Å². The van der Waals surface area contributed by atoms with Crippen LogP contribution in [-0.2, 0) is 6.54 Å². The average molecular weight is 275 g/mol. The van der Waals surface area contributed by atoms with Gasteiger partial charge in [0, 0.05) is 12.1 Å². The largest absolute Gasteiger partial charge is 0.495 e. The van der Waals surface area contributed by atoms with Crippen molar-refractivity contribution in [3.05, 3.63) is 18.2 Å². The second-order valence-corrected chi connectivity index (χ2v) is 4.74. The number of hydrogen-bond donors (Lipinski definition) is 1. The van der Waals surface area contributed by atoms with Crippen LogP contribution in [0.5, 0.6) is 5.75 Å². The zero-order valence-electron chi connectivity index (χ0n) is 12.0. The summed E-state index contributed by atoms with van der Waals surface area (Å²) in [5.41, 5.74) is 7.42. The Hall–Kier alpha value is -2.11. The number of rotatable bonds is 7. The first-order chi connectivity index (χ1) is 9.76. The molecule has 0 aliphatic heterocycles. The molecule has 6 heteroatoms. The average Bonchev–Trinajstić information content (AvgIpc) is 2.92. The fourth-order valence-corrected chi connectivity index (χ4v) is 2.12. The number of nitrogen functional groups attached to an aromatic ring is 1. The Kier molecular flexibility index (Phi) is 4.92. The topological polar surface area (TPSA) is 78.8 Å². The number of ether oxygens (including phenoxy) is 1. The van der Waals surface area contributed by atoms with Crippen molar-refractivity contribution in [1.29, 1.82) is 0 Å². The minimum absolute atomic E-state index is 0.588. The maximum atomic E-state index is 5.92. The summed E-state index contributed by atoms with van der Waals surface area (Å²) in [6, 6.07) is 5.59. The smallest absolute Gasteiger partial charge is 0.182 e. The lowest BCUT2D eigenvalue weighted by Gasteiger charge is -2.07. The summed E-state index contributed by atoms with van der Waals surface area (Å²) in [7, 11) is 1.60. The number of aryl methyl sites for hydroxylation is 1. The molecule has 0 amide bonds. The van der Waals surface area contributed by atoms with E-state index in [9.17, 15) is 0 Å². The Balaban J connectivity index is 2.13. The lowest BCUT2D eigenvalue weighted by atomic mass is 10.1. The van der Waals surface area contributed by atoms with Crippen LogP contribution in [0.4, 0.5) is 5.69 Å². The predicted molar refractivity (Wildman–Crippen MR) is 78.4 cm³/mol. The van der Waals surface area contributed by atoms with Gasteiger partial charge in [-0.05, 0) is 35.0 Å². The lowest BCUT2D eigenvalue weighted by Crippen LogP contribution is -2.03. The van der Waals surface area contributed by atoms with E-state index in [4.69, 9.17) is 10.5 Å². The molecule has 20 heavy (non-hydrogen) atoms. The van der Waals surface area contributed by atoms with Crippen LogP contribution in [0.2, 0.25) is 0 Å². The first kappa shape index (κ1) is 14.3. The number of anilines is 1. The van der Waals surface area contributed by atoms with E-state index in [1.807, 2.05) is 22.9 Å². The quantitative estimate of drug-likeness (QED) is 0.620. The molecule has 1 aromatic carbocycles. The van der Waals surface area contributed by atoms with Crippen molar-refractivity contribution in [2.24, 2.45) is 0 Å². The number of unbranched alkanes of at least 4 members (excludes halogenated alkanes) is 3. The van der Waals surface area contributed by atoms with Crippen molar-refractivity contribution in [3.8, 4) is 17.1 Å². The van der Waals surface area contributed by atoms with E-state index in [0.29, 0.717) is 11.4 Å². The highest BCUT2D eigenvalue weighted by atomic mass is 16.5. The van der Waals surface area contributed by atoms with Crippen LogP contribution in [0.25, 0.3) is 11.4 Å². The molecule has 2 rings (SSSR count). The Morgan fingerprint density at radius 1 is 1.25 bits per heavy atom. The number of hydrogen-bond acceptors (Lipinski definition) is 5. The van der Waals surface area contributed by atoms with Gasteiger partial charge in [0.1, 0.15) is 5.75 Å². The maximum absolute atomic E-state index is 5.92. The second-order valence-electron chi connectivity index (χ2n) is 4.74. The third kappa shape index (κ3) is 3.26. The summed E-state index contributed by atoms with van der Waals surface area (Å²) in [5.74, 6) is 1.41. The van der Waals surface area contributed by atoms with E-state index in [1.54, 1.807) is 7.11 Å². The highest BCUT2D eigenvalue weighted by molar-refractivity contribution is 5.66. The second kappa shape index (κ2) is 6.88. The van der Waals surface area contributed by atoms with Gasteiger partial charge in [0.2, 0.25) is 0 Å². The van der Waals surface area contributed by atoms with Crippen LogP contribution in [0.15, 0.2) is 18.2 Å². The van der Waals surface area contributed by atoms with Gasteiger partial charge in [-0.3, -0.25) is 0 Å². The van der Waals surface area contributed by atoms with Crippen LogP contribution in [0, 0.1) is 0 Å². The molecule has 0 bridgehead atoms. The van der Waals surface area contributed by atoms with E-state index >= 15 is 0 Å². The van der Waals surface area contributed by atoms with E-state index in [2.05, 4.69) is 22.4 Å². The molecule has 1 heterocycles. The Bertz CT molecular complexity index is 552. The fourth-order valence-electron chi connectivity index (χ4n) is 2.12. The molecule has 0 saturated carbocycles. The summed E-state index contributed by atoms with van der Waals surface area (Å²) >= 11 is 0. The van der Waals surface area contributed by atoms with Gasteiger partial charge in [-0.25, -0.2) is 4.68 Å². The highest BCUT2D eigenvalue weighted by Gasteiger charge is 2.10. The van der Waals surface area contributed by atoms with Crippen molar-refractivity contribution in [2.75, 3.05) is 12.8 Å². The summed E-state index contributed by atoms with van der Waals surface area (Å²) in [6.07, 6.45) is 4.74. The highest BCUT2D eigenvalue weighted by Crippen LogP contribution is 2.26. The van der Waals surface area contributed by atoms with Gasteiger partial charge in [0.25, 0.3) is 0 Å². The molecule has 0 aliphatic rings. The van der Waals surface area contributed by atoms with Crippen LogP contribution < -0.4 is 10.5 Å². The predicted octanol–water partition coefficient (Wildman–Crippen LogP) is 2.51. The number of methoxy groups -OCH3 is 1. The monoisotopic (exact) mass is 275 g/mol. The van der Waals surface area contributed by atoms with Gasteiger partial charge >= 0.3 is 0 Å². The molecule has 0 aliphatic carbocycles. The molecule has 0 fully saturated rings. The molecular formula is C14H21N5O. The van der Waals surface area contributed by atoms with E-state index in [-0.39, 0.29) is 0 Å².